The Kier molecular flexibility index (Phi) is 5.61. The zero-order chi connectivity index (χ0) is 14.4. The molecule has 0 aliphatic heterocycles. The van der Waals surface area contributed by atoms with Crippen molar-refractivity contribution >= 4 is 11.5 Å². The molecule has 2 aromatic rings. The van der Waals surface area contributed by atoms with E-state index in [0.717, 1.165) is 31.5 Å². The van der Waals surface area contributed by atoms with Crippen molar-refractivity contribution in [2.75, 3.05) is 6.54 Å². The highest BCUT2D eigenvalue weighted by molar-refractivity contribution is 7.05. The number of nitrogens with one attached hydrogen (secondary N) is 1. The third kappa shape index (κ3) is 3.41. The number of hydrogen-bond acceptors (Lipinski definition) is 5. The Morgan fingerprint density at radius 1 is 1.30 bits per heavy atom. The molecule has 0 saturated heterocycles. The molecule has 0 saturated carbocycles. The molecule has 2 rings (SSSR count). The molecule has 1 N–H and O–H groups in total. The highest BCUT2D eigenvalue weighted by atomic mass is 32.1. The molecule has 5 heteroatoms. The molecule has 0 radical (unpaired) electrons. The lowest BCUT2D eigenvalue weighted by Crippen LogP contribution is -2.24. The SMILES string of the molecule is CCCNC(c1cnccc1C)c1snnc1CCC. The van der Waals surface area contributed by atoms with E-state index in [1.165, 1.54) is 27.5 Å². The van der Waals surface area contributed by atoms with Crippen LogP contribution in [0.1, 0.15) is 54.4 Å². The largest absolute Gasteiger partial charge is 0.305 e. The van der Waals surface area contributed by atoms with Crippen LogP contribution in [-0.4, -0.2) is 21.1 Å². The van der Waals surface area contributed by atoms with Gasteiger partial charge in [-0.1, -0.05) is 24.8 Å². The average Bonchev–Trinajstić information content (AvgIpc) is 2.90. The minimum atomic E-state index is 0.158. The number of rotatable bonds is 7. The second kappa shape index (κ2) is 7.45. The minimum absolute atomic E-state index is 0.158. The Balaban J connectivity index is 2.37. The number of aromatic nitrogens is 3. The van der Waals surface area contributed by atoms with Gasteiger partial charge in [0.2, 0.25) is 0 Å². The summed E-state index contributed by atoms with van der Waals surface area (Å²) in [6.45, 7) is 7.46. The Hall–Kier alpha value is -1.33. The van der Waals surface area contributed by atoms with Gasteiger partial charge in [-0.25, -0.2) is 0 Å². The third-order valence-electron chi connectivity index (χ3n) is 3.32. The first kappa shape index (κ1) is 15.1. The first-order chi connectivity index (χ1) is 9.77. The van der Waals surface area contributed by atoms with Crippen LogP contribution in [0.5, 0.6) is 0 Å². The Morgan fingerprint density at radius 2 is 2.15 bits per heavy atom. The standard InChI is InChI=1S/C15H22N4S/c1-4-6-13-15(20-19-18-13)14(17-8-5-2)12-10-16-9-7-11(12)3/h7,9-10,14,17H,4-6,8H2,1-3H3. The predicted octanol–water partition coefficient (Wildman–Crippen LogP) is 3.28. The maximum atomic E-state index is 4.30. The van der Waals surface area contributed by atoms with Gasteiger partial charge >= 0.3 is 0 Å². The summed E-state index contributed by atoms with van der Waals surface area (Å²) in [7, 11) is 0. The van der Waals surface area contributed by atoms with Crippen molar-refractivity contribution in [1.29, 1.82) is 0 Å². The molecule has 0 spiro atoms. The van der Waals surface area contributed by atoms with E-state index in [9.17, 15) is 0 Å². The van der Waals surface area contributed by atoms with Crippen LogP contribution in [0.15, 0.2) is 18.5 Å². The molecule has 0 bridgehead atoms. The van der Waals surface area contributed by atoms with Gasteiger partial charge in [0.05, 0.1) is 16.6 Å². The van der Waals surface area contributed by atoms with E-state index in [0.29, 0.717) is 0 Å². The first-order valence-electron chi connectivity index (χ1n) is 7.22. The summed E-state index contributed by atoms with van der Waals surface area (Å²) >= 11 is 1.50. The van der Waals surface area contributed by atoms with Crippen LogP contribution in [0.2, 0.25) is 0 Å². The van der Waals surface area contributed by atoms with Gasteiger partial charge in [0.25, 0.3) is 0 Å². The maximum Gasteiger partial charge on any atom is 0.0807 e. The Labute approximate surface area is 124 Å². The van der Waals surface area contributed by atoms with Crippen LogP contribution >= 0.6 is 11.5 Å². The van der Waals surface area contributed by atoms with E-state index in [1.54, 1.807) is 0 Å². The van der Waals surface area contributed by atoms with Gasteiger partial charge in [-0.2, -0.15) is 0 Å². The number of nitrogens with zero attached hydrogens (tertiary/aromatic N) is 3. The Bertz CT molecular complexity index is 538. The molecule has 1 unspecified atom stereocenters. The lowest BCUT2D eigenvalue weighted by Gasteiger charge is -2.19. The van der Waals surface area contributed by atoms with Gasteiger partial charge in [0, 0.05) is 12.4 Å². The van der Waals surface area contributed by atoms with Gasteiger partial charge in [0.1, 0.15) is 0 Å². The molecular weight excluding hydrogens is 268 g/mol. The van der Waals surface area contributed by atoms with Crippen LogP contribution < -0.4 is 5.32 Å². The molecule has 2 heterocycles. The smallest absolute Gasteiger partial charge is 0.0807 e. The lowest BCUT2D eigenvalue weighted by molar-refractivity contribution is 0.595. The van der Waals surface area contributed by atoms with Gasteiger partial charge in [-0.05, 0) is 55.0 Å². The first-order valence-corrected chi connectivity index (χ1v) is 8.00. The molecule has 108 valence electrons. The lowest BCUT2D eigenvalue weighted by atomic mass is 10.0. The molecule has 4 nitrogen and oxygen atoms in total. The molecule has 2 aromatic heterocycles. The maximum absolute atomic E-state index is 4.30. The van der Waals surface area contributed by atoms with Crippen molar-refractivity contribution in [3.63, 3.8) is 0 Å². The number of hydrogen-bond donors (Lipinski definition) is 1. The summed E-state index contributed by atoms with van der Waals surface area (Å²) in [4.78, 5) is 5.52. The van der Waals surface area contributed by atoms with Crippen LogP contribution in [-0.2, 0) is 6.42 Å². The summed E-state index contributed by atoms with van der Waals surface area (Å²) < 4.78 is 4.16. The van der Waals surface area contributed by atoms with E-state index in [2.05, 4.69) is 46.7 Å². The summed E-state index contributed by atoms with van der Waals surface area (Å²) in [6, 6.07) is 2.22. The van der Waals surface area contributed by atoms with Crippen molar-refractivity contribution in [2.24, 2.45) is 0 Å². The van der Waals surface area contributed by atoms with Crippen LogP contribution in [0.25, 0.3) is 0 Å². The summed E-state index contributed by atoms with van der Waals surface area (Å²) in [5.74, 6) is 0. The molecule has 0 fully saturated rings. The molecule has 20 heavy (non-hydrogen) atoms. The van der Waals surface area contributed by atoms with Gasteiger partial charge in [0.15, 0.2) is 0 Å². The second-order valence-electron chi connectivity index (χ2n) is 4.95. The van der Waals surface area contributed by atoms with Crippen LogP contribution in [0.3, 0.4) is 0 Å². The highest BCUT2D eigenvalue weighted by Crippen LogP contribution is 2.29. The third-order valence-corrected chi connectivity index (χ3v) is 4.15. The molecule has 0 aliphatic carbocycles. The topological polar surface area (TPSA) is 50.7 Å². The zero-order valence-corrected chi connectivity index (χ0v) is 13.2. The highest BCUT2D eigenvalue weighted by Gasteiger charge is 2.21. The summed E-state index contributed by atoms with van der Waals surface area (Å²) in [5.41, 5.74) is 3.60. The van der Waals surface area contributed by atoms with Crippen LogP contribution in [0.4, 0.5) is 0 Å². The summed E-state index contributed by atoms with van der Waals surface area (Å²) in [5, 5.41) is 7.92. The van der Waals surface area contributed by atoms with Gasteiger partial charge < -0.3 is 5.32 Å². The van der Waals surface area contributed by atoms with Crippen molar-refractivity contribution in [3.05, 3.63) is 40.2 Å². The van der Waals surface area contributed by atoms with Crippen molar-refractivity contribution in [3.8, 4) is 0 Å². The predicted molar refractivity (Wildman–Crippen MR) is 83.0 cm³/mol. The fraction of sp³-hybridized carbons (Fsp3) is 0.533. The van der Waals surface area contributed by atoms with Gasteiger partial charge in [-0.3, -0.25) is 4.98 Å². The van der Waals surface area contributed by atoms with Crippen molar-refractivity contribution in [2.45, 2.75) is 46.1 Å². The fourth-order valence-electron chi connectivity index (χ4n) is 2.26. The monoisotopic (exact) mass is 290 g/mol. The number of pyridine rings is 1. The number of aryl methyl sites for hydroxylation is 2. The van der Waals surface area contributed by atoms with E-state index >= 15 is 0 Å². The molecule has 0 amide bonds. The molecule has 0 aliphatic rings. The van der Waals surface area contributed by atoms with Crippen molar-refractivity contribution < 1.29 is 0 Å². The summed E-state index contributed by atoms with van der Waals surface area (Å²) in [6.07, 6.45) is 6.97. The Morgan fingerprint density at radius 3 is 2.85 bits per heavy atom. The van der Waals surface area contributed by atoms with Crippen molar-refractivity contribution in [1.82, 2.24) is 19.9 Å². The second-order valence-corrected chi connectivity index (χ2v) is 5.74. The minimum Gasteiger partial charge on any atom is -0.305 e. The van der Waals surface area contributed by atoms with Gasteiger partial charge in [-0.15, -0.1) is 5.10 Å². The molecule has 1 atom stereocenters. The molecular formula is C15H22N4S. The normalized spacial score (nSPS) is 12.6. The van der Waals surface area contributed by atoms with E-state index in [4.69, 9.17) is 0 Å². The van der Waals surface area contributed by atoms with Crippen LogP contribution in [0, 0.1) is 6.92 Å². The van der Waals surface area contributed by atoms with E-state index in [1.807, 2.05) is 12.4 Å². The average molecular weight is 290 g/mol. The fourth-order valence-corrected chi connectivity index (χ4v) is 3.05. The quantitative estimate of drug-likeness (QED) is 0.850. The van der Waals surface area contributed by atoms with E-state index < -0.39 is 0 Å². The van der Waals surface area contributed by atoms with E-state index in [-0.39, 0.29) is 6.04 Å². The zero-order valence-electron chi connectivity index (χ0n) is 12.4. The molecule has 0 aromatic carbocycles.